The number of halogens is 1. The number of hydrogen-bond acceptors (Lipinski definition) is 4. The third kappa shape index (κ3) is 4.19. The number of piperazine rings is 1. The zero-order valence-electron chi connectivity index (χ0n) is 15.5. The summed E-state index contributed by atoms with van der Waals surface area (Å²) in [5.41, 5.74) is 1.34. The number of Topliss-reactive ketones (excluding diaryl/α,β-unsaturated/α-hetero) is 1. The summed E-state index contributed by atoms with van der Waals surface area (Å²) in [5.74, 6) is -1.86. The molecule has 2 aromatic carbocycles. The lowest BCUT2D eigenvalue weighted by Crippen LogP contribution is -2.49. The van der Waals surface area contributed by atoms with Crippen LogP contribution in [0.15, 0.2) is 42.5 Å². The van der Waals surface area contributed by atoms with Crippen LogP contribution in [0.25, 0.3) is 0 Å². The van der Waals surface area contributed by atoms with E-state index in [0.717, 1.165) is 0 Å². The SMILES string of the molecule is CC(=O)c1ccc(N2CCN(C(=O)Cc3ccccc3C(=O)O)CC2)c(F)c1. The highest BCUT2D eigenvalue weighted by atomic mass is 19.1. The maximum Gasteiger partial charge on any atom is 0.335 e. The summed E-state index contributed by atoms with van der Waals surface area (Å²) in [7, 11) is 0. The van der Waals surface area contributed by atoms with Gasteiger partial charge in [0.1, 0.15) is 5.82 Å². The van der Waals surface area contributed by atoms with Crippen LogP contribution >= 0.6 is 0 Å². The highest BCUT2D eigenvalue weighted by Gasteiger charge is 2.24. The van der Waals surface area contributed by atoms with Crippen LogP contribution in [-0.2, 0) is 11.2 Å². The third-order valence-corrected chi connectivity index (χ3v) is 4.92. The van der Waals surface area contributed by atoms with Crippen LogP contribution in [0.1, 0.15) is 33.2 Å². The first-order valence-electron chi connectivity index (χ1n) is 9.01. The van der Waals surface area contributed by atoms with E-state index in [9.17, 15) is 23.9 Å². The summed E-state index contributed by atoms with van der Waals surface area (Å²) < 4.78 is 14.3. The molecule has 0 saturated carbocycles. The Balaban J connectivity index is 1.63. The molecule has 6 nitrogen and oxygen atoms in total. The van der Waals surface area contributed by atoms with Crippen molar-refractivity contribution in [2.45, 2.75) is 13.3 Å². The molecular formula is C21H21FN2O4. The van der Waals surface area contributed by atoms with E-state index in [1.807, 2.05) is 4.90 Å². The molecule has 1 fully saturated rings. The van der Waals surface area contributed by atoms with Crippen LogP contribution < -0.4 is 4.90 Å². The molecular weight excluding hydrogens is 363 g/mol. The van der Waals surface area contributed by atoms with Crippen LogP contribution in [0.2, 0.25) is 0 Å². The van der Waals surface area contributed by atoms with Gasteiger partial charge in [-0.2, -0.15) is 0 Å². The molecule has 0 bridgehead atoms. The molecule has 146 valence electrons. The van der Waals surface area contributed by atoms with Gasteiger partial charge in [-0.3, -0.25) is 9.59 Å². The number of ketones is 1. The van der Waals surface area contributed by atoms with Crippen LogP contribution in [0.4, 0.5) is 10.1 Å². The van der Waals surface area contributed by atoms with Gasteiger partial charge in [0.05, 0.1) is 17.7 Å². The predicted molar refractivity (Wildman–Crippen MR) is 102 cm³/mol. The van der Waals surface area contributed by atoms with E-state index in [1.54, 1.807) is 35.2 Å². The fourth-order valence-corrected chi connectivity index (χ4v) is 3.34. The number of aromatic carboxylic acids is 1. The van der Waals surface area contributed by atoms with E-state index in [4.69, 9.17) is 0 Å². The highest BCUT2D eigenvalue weighted by Crippen LogP contribution is 2.22. The molecule has 1 amide bonds. The number of nitrogens with zero attached hydrogens (tertiary/aromatic N) is 2. The first-order valence-corrected chi connectivity index (χ1v) is 9.01. The topological polar surface area (TPSA) is 77.9 Å². The summed E-state index contributed by atoms with van der Waals surface area (Å²) in [5, 5.41) is 9.24. The van der Waals surface area contributed by atoms with Gasteiger partial charge in [-0.15, -0.1) is 0 Å². The number of carbonyl (C=O) groups excluding carboxylic acids is 2. The Morgan fingerprint density at radius 1 is 1.04 bits per heavy atom. The Bertz CT molecular complexity index is 920. The average molecular weight is 384 g/mol. The van der Waals surface area contributed by atoms with Crippen molar-refractivity contribution in [1.29, 1.82) is 0 Å². The number of anilines is 1. The lowest BCUT2D eigenvalue weighted by molar-refractivity contribution is -0.130. The fraction of sp³-hybridized carbons (Fsp3) is 0.286. The molecule has 1 heterocycles. The van der Waals surface area contributed by atoms with E-state index < -0.39 is 11.8 Å². The van der Waals surface area contributed by atoms with Crippen molar-refractivity contribution in [2.24, 2.45) is 0 Å². The van der Waals surface area contributed by atoms with Gasteiger partial charge in [-0.25, -0.2) is 9.18 Å². The molecule has 1 saturated heterocycles. The number of carbonyl (C=O) groups is 3. The first kappa shape index (κ1) is 19.5. The van der Waals surface area contributed by atoms with Crippen LogP contribution in [0.3, 0.4) is 0 Å². The Kier molecular flexibility index (Phi) is 5.73. The number of rotatable bonds is 5. The Morgan fingerprint density at radius 3 is 2.32 bits per heavy atom. The van der Waals surface area contributed by atoms with Crippen molar-refractivity contribution < 1.29 is 23.9 Å². The van der Waals surface area contributed by atoms with Crippen molar-refractivity contribution in [3.05, 3.63) is 65.0 Å². The Hall–Kier alpha value is -3.22. The van der Waals surface area contributed by atoms with Crippen molar-refractivity contribution in [1.82, 2.24) is 4.90 Å². The van der Waals surface area contributed by atoms with Gasteiger partial charge in [0, 0.05) is 31.7 Å². The summed E-state index contributed by atoms with van der Waals surface area (Å²) in [6.45, 7) is 3.15. The van der Waals surface area contributed by atoms with Crippen molar-refractivity contribution in [2.75, 3.05) is 31.1 Å². The smallest absolute Gasteiger partial charge is 0.335 e. The maximum atomic E-state index is 14.3. The minimum Gasteiger partial charge on any atom is -0.478 e. The standard InChI is InChI=1S/C21H21FN2O4/c1-14(25)15-6-7-19(18(22)12-15)23-8-10-24(11-9-23)20(26)13-16-4-2-3-5-17(16)21(27)28/h2-7,12H,8-11,13H2,1H3,(H,27,28). The summed E-state index contributed by atoms with van der Waals surface area (Å²) >= 11 is 0. The van der Waals surface area contributed by atoms with E-state index in [1.165, 1.54) is 19.1 Å². The van der Waals surface area contributed by atoms with E-state index in [-0.39, 0.29) is 23.7 Å². The van der Waals surface area contributed by atoms with E-state index in [2.05, 4.69) is 0 Å². The van der Waals surface area contributed by atoms with Gasteiger partial charge < -0.3 is 14.9 Å². The first-order chi connectivity index (χ1) is 13.4. The van der Waals surface area contributed by atoms with Gasteiger partial charge in [-0.1, -0.05) is 18.2 Å². The largest absolute Gasteiger partial charge is 0.478 e. The normalized spacial score (nSPS) is 14.1. The second kappa shape index (κ2) is 8.21. The molecule has 1 N–H and O–H groups in total. The molecule has 0 aliphatic carbocycles. The minimum atomic E-state index is -1.06. The number of carboxylic acids is 1. The number of amides is 1. The van der Waals surface area contributed by atoms with Crippen LogP contribution in [0, 0.1) is 5.82 Å². The molecule has 28 heavy (non-hydrogen) atoms. The molecule has 1 aliphatic rings. The number of carboxylic acid groups (broad SMARTS) is 1. The monoisotopic (exact) mass is 384 g/mol. The summed E-state index contributed by atoms with van der Waals surface area (Å²) in [6.07, 6.45) is 0.0180. The zero-order chi connectivity index (χ0) is 20.3. The van der Waals surface area contributed by atoms with Gasteiger partial charge in [0.2, 0.25) is 5.91 Å². The Morgan fingerprint density at radius 2 is 1.71 bits per heavy atom. The molecule has 0 radical (unpaired) electrons. The molecule has 1 aliphatic heterocycles. The molecule has 0 unspecified atom stereocenters. The molecule has 0 aromatic heterocycles. The molecule has 2 aromatic rings. The van der Waals surface area contributed by atoms with E-state index >= 15 is 0 Å². The second-order valence-corrected chi connectivity index (χ2v) is 6.73. The molecule has 3 rings (SSSR count). The lowest BCUT2D eigenvalue weighted by Gasteiger charge is -2.36. The zero-order valence-corrected chi connectivity index (χ0v) is 15.5. The fourth-order valence-electron chi connectivity index (χ4n) is 3.34. The quantitative estimate of drug-likeness (QED) is 0.802. The van der Waals surface area contributed by atoms with Crippen molar-refractivity contribution >= 4 is 23.3 Å². The third-order valence-electron chi connectivity index (χ3n) is 4.92. The van der Waals surface area contributed by atoms with Gasteiger partial charge in [0.25, 0.3) is 0 Å². The summed E-state index contributed by atoms with van der Waals surface area (Å²) in [4.78, 5) is 38.7. The Labute approximate surface area is 162 Å². The lowest BCUT2D eigenvalue weighted by atomic mass is 10.0. The maximum absolute atomic E-state index is 14.3. The molecule has 0 atom stereocenters. The summed E-state index contributed by atoms with van der Waals surface area (Å²) in [6, 6.07) is 10.9. The molecule has 7 heteroatoms. The van der Waals surface area contributed by atoms with Gasteiger partial charge >= 0.3 is 5.97 Å². The van der Waals surface area contributed by atoms with Crippen LogP contribution in [0.5, 0.6) is 0 Å². The second-order valence-electron chi connectivity index (χ2n) is 6.73. The van der Waals surface area contributed by atoms with Gasteiger partial charge in [-0.05, 0) is 36.8 Å². The van der Waals surface area contributed by atoms with Crippen molar-refractivity contribution in [3.63, 3.8) is 0 Å². The predicted octanol–water partition coefficient (Wildman–Crippen LogP) is 2.62. The van der Waals surface area contributed by atoms with E-state index in [0.29, 0.717) is 43.0 Å². The number of hydrogen-bond donors (Lipinski definition) is 1. The molecule has 0 spiro atoms. The minimum absolute atomic E-state index is 0.0180. The highest BCUT2D eigenvalue weighted by molar-refractivity contribution is 5.94. The van der Waals surface area contributed by atoms with Gasteiger partial charge in [0.15, 0.2) is 5.78 Å². The van der Waals surface area contributed by atoms with Crippen LogP contribution in [-0.4, -0.2) is 53.8 Å². The van der Waals surface area contributed by atoms with Crippen molar-refractivity contribution in [3.8, 4) is 0 Å². The average Bonchev–Trinajstić information content (AvgIpc) is 2.68. The number of benzene rings is 2.